The number of aryl methyl sites for hydroxylation is 1. The van der Waals surface area contributed by atoms with E-state index in [1.54, 1.807) is 38.5 Å². The first kappa shape index (κ1) is 20.3. The fourth-order valence-corrected chi connectivity index (χ4v) is 2.44. The molecule has 2 N–H and O–H groups in total. The van der Waals surface area contributed by atoms with Crippen LogP contribution >= 0.6 is 0 Å². The monoisotopic (exact) mass is 370 g/mol. The molecule has 0 aromatic heterocycles. The first-order valence-electron chi connectivity index (χ1n) is 8.84. The number of nitrogens with one attached hydrogen (secondary N) is 2. The van der Waals surface area contributed by atoms with Gasteiger partial charge in [-0.3, -0.25) is 9.59 Å². The second-order valence-electron chi connectivity index (χ2n) is 6.46. The van der Waals surface area contributed by atoms with Crippen molar-refractivity contribution in [3.63, 3.8) is 0 Å². The molecule has 0 bridgehead atoms. The fourth-order valence-electron chi connectivity index (χ4n) is 2.44. The van der Waals surface area contributed by atoms with Crippen molar-refractivity contribution in [2.75, 3.05) is 24.9 Å². The Morgan fingerprint density at radius 1 is 0.889 bits per heavy atom. The van der Waals surface area contributed by atoms with Gasteiger partial charge >= 0.3 is 0 Å². The van der Waals surface area contributed by atoms with E-state index in [1.165, 1.54) is 0 Å². The van der Waals surface area contributed by atoms with Gasteiger partial charge in [0.2, 0.25) is 11.8 Å². The molecule has 6 nitrogen and oxygen atoms in total. The van der Waals surface area contributed by atoms with Gasteiger partial charge in [0, 0.05) is 23.7 Å². The Hall–Kier alpha value is -3.02. The van der Waals surface area contributed by atoms with Crippen molar-refractivity contribution in [3.05, 3.63) is 48.0 Å². The molecule has 0 heterocycles. The van der Waals surface area contributed by atoms with Crippen LogP contribution < -0.4 is 20.1 Å². The van der Waals surface area contributed by atoms with E-state index in [9.17, 15) is 9.59 Å². The van der Waals surface area contributed by atoms with Crippen molar-refractivity contribution in [1.82, 2.24) is 0 Å². The second kappa shape index (κ2) is 9.62. The maximum absolute atomic E-state index is 12.2. The number of benzene rings is 2. The quantitative estimate of drug-likeness (QED) is 0.739. The highest BCUT2D eigenvalue weighted by Gasteiger charge is 2.09. The molecule has 0 aliphatic heterocycles. The van der Waals surface area contributed by atoms with Gasteiger partial charge in [0.1, 0.15) is 0 Å². The molecule has 2 amide bonds. The van der Waals surface area contributed by atoms with Crippen LogP contribution in [-0.2, 0) is 16.0 Å². The van der Waals surface area contributed by atoms with Gasteiger partial charge in [0.15, 0.2) is 11.5 Å². The smallest absolute Gasteiger partial charge is 0.226 e. The Kier molecular flexibility index (Phi) is 7.23. The molecule has 0 unspecified atom stereocenters. The molecule has 0 aliphatic rings. The van der Waals surface area contributed by atoms with E-state index in [0.29, 0.717) is 35.7 Å². The fraction of sp³-hybridized carbons (Fsp3) is 0.333. The zero-order valence-electron chi connectivity index (χ0n) is 16.2. The number of methoxy groups -OCH3 is 2. The summed E-state index contributed by atoms with van der Waals surface area (Å²) in [5.74, 6) is 1.11. The van der Waals surface area contributed by atoms with Crippen LogP contribution in [0.1, 0.15) is 25.8 Å². The van der Waals surface area contributed by atoms with Crippen molar-refractivity contribution in [1.29, 1.82) is 0 Å². The number of anilines is 2. The summed E-state index contributed by atoms with van der Waals surface area (Å²) in [6.45, 7) is 3.67. The summed E-state index contributed by atoms with van der Waals surface area (Å²) in [6, 6.07) is 12.7. The molecule has 0 atom stereocenters. The Balaban J connectivity index is 1.88. The van der Waals surface area contributed by atoms with E-state index in [4.69, 9.17) is 9.47 Å². The van der Waals surface area contributed by atoms with Crippen LogP contribution in [0.4, 0.5) is 11.4 Å². The first-order valence-corrected chi connectivity index (χ1v) is 8.84. The van der Waals surface area contributed by atoms with Crippen molar-refractivity contribution in [2.24, 2.45) is 5.92 Å². The number of ether oxygens (including phenoxy) is 2. The minimum atomic E-state index is -0.0824. The maximum atomic E-state index is 12.2. The lowest BCUT2D eigenvalue weighted by atomic mass is 10.1. The van der Waals surface area contributed by atoms with Crippen molar-refractivity contribution >= 4 is 23.2 Å². The highest BCUT2D eigenvalue weighted by atomic mass is 16.5. The minimum Gasteiger partial charge on any atom is -0.493 e. The molecule has 0 aliphatic carbocycles. The van der Waals surface area contributed by atoms with Crippen LogP contribution in [0.2, 0.25) is 0 Å². The lowest BCUT2D eigenvalue weighted by Gasteiger charge is -2.10. The van der Waals surface area contributed by atoms with Gasteiger partial charge in [-0.2, -0.15) is 0 Å². The van der Waals surface area contributed by atoms with E-state index in [-0.39, 0.29) is 17.7 Å². The molecule has 0 spiro atoms. The molecular weight excluding hydrogens is 344 g/mol. The third-order valence-corrected chi connectivity index (χ3v) is 4.05. The molecule has 27 heavy (non-hydrogen) atoms. The van der Waals surface area contributed by atoms with Crippen LogP contribution in [0.5, 0.6) is 11.5 Å². The van der Waals surface area contributed by atoms with Gasteiger partial charge in [0.25, 0.3) is 0 Å². The molecule has 0 fully saturated rings. The lowest BCUT2D eigenvalue weighted by Crippen LogP contribution is -2.17. The van der Waals surface area contributed by atoms with Gasteiger partial charge in [0.05, 0.1) is 14.2 Å². The summed E-state index contributed by atoms with van der Waals surface area (Å²) in [5, 5.41) is 5.67. The van der Waals surface area contributed by atoms with E-state index in [1.807, 2.05) is 32.0 Å². The van der Waals surface area contributed by atoms with Gasteiger partial charge in [-0.05, 0) is 48.4 Å². The third-order valence-electron chi connectivity index (χ3n) is 4.05. The summed E-state index contributed by atoms with van der Waals surface area (Å²) in [5.41, 5.74) is 2.39. The predicted octanol–water partition coefficient (Wildman–Crippen LogP) is 3.87. The molecule has 144 valence electrons. The predicted molar refractivity (Wildman–Crippen MR) is 106 cm³/mol. The van der Waals surface area contributed by atoms with Crippen LogP contribution in [-0.4, -0.2) is 26.0 Å². The standard InChI is InChI=1S/C21H26N2O4/c1-14(2)21(25)23-17-9-7-16(8-10-17)22-20(24)12-6-15-5-11-18(26-3)19(13-15)27-4/h5,7-11,13-14H,6,12H2,1-4H3,(H,22,24)(H,23,25). The summed E-state index contributed by atoms with van der Waals surface area (Å²) in [4.78, 5) is 23.9. The number of rotatable bonds is 8. The Morgan fingerprint density at radius 2 is 1.48 bits per heavy atom. The van der Waals surface area contributed by atoms with Gasteiger partial charge in [-0.1, -0.05) is 19.9 Å². The van der Waals surface area contributed by atoms with Gasteiger partial charge in [-0.15, -0.1) is 0 Å². The number of amides is 2. The summed E-state index contributed by atoms with van der Waals surface area (Å²) in [6.07, 6.45) is 0.941. The molecule has 2 rings (SSSR count). The second-order valence-corrected chi connectivity index (χ2v) is 6.46. The Labute approximate surface area is 159 Å². The molecule has 0 radical (unpaired) electrons. The van der Waals surface area contributed by atoms with Crippen molar-refractivity contribution in [2.45, 2.75) is 26.7 Å². The largest absolute Gasteiger partial charge is 0.493 e. The van der Waals surface area contributed by atoms with E-state index < -0.39 is 0 Å². The third kappa shape index (κ3) is 6.02. The van der Waals surface area contributed by atoms with E-state index in [2.05, 4.69) is 10.6 Å². The van der Waals surface area contributed by atoms with Gasteiger partial charge < -0.3 is 20.1 Å². The molecule has 0 saturated heterocycles. The first-order chi connectivity index (χ1) is 12.9. The molecule has 6 heteroatoms. The molecular formula is C21H26N2O4. The van der Waals surface area contributed by atoms with E-state index in [0.717, 1.165) is 5.56 Å². The number of carbonyl (C=O) groups excluding carboxylic acids is 2. The van der Waals surface area contributed by atoms with Gasteiger partial charge in [-0.25, -0.2) is 0 Å². The van der Waals surface area contributed by atoms with Crippen molar-refractivity contribution < 1.29 is 19.1 Å². The summed E-state index contributed by atoms with van der Waals surface area (Å²) >= 11 is 0. The Morgan fingerprint density at radius 3 is 2.04 bits per heavy atom. The zero-order chi connectivity index (χ0) is 19.8. The minimum absolute atomic E-state index is 0.0401. The number of hydrogen-bond donors (Lipinski definition) is 2. The summed E-state index contributed by atoms with van der Waals surface area (Å²) in [7, 11) is 3.17. The lowest BCUT2D eigenvalue weighted by molar-refractivity contribution is -0.119. The van der Waals surface area contributed by atoms with E-state index >= 15 is 0 Å². The normalized spacial score (nSPS) is 10.4. The SMILES string of the molecule is COc1ccc(CCC(=O)Nc2ccc(NC(=O)C(C)C)cc2)cc1OC. The topological polar surface area (TPSA) is 76.7 Å². The number of hydrogen-bond acceptors (Lipinski definition) is 4. The highest BCUT2D eigenvalue weighted by molar-refractivity contribution is 5.93. The molecule has 2 aromatic carbocycles. The average Bonchev–Trinajstić information content (AvgIpc) is 2.67. The maximum Gasteiger partial charge on any atom is 0.226 e. The van der Waals surface area contributed by atoms with Crippen LogP contribution in [0.3, 0.4) is 0 Å². The van der Waals surface area contributed by atoms with Crippen molar-refractivity contribution in [3.8, 4) is 11.5 Å². The van der Waals surface area contributed by atoms with Crippen LogP contribution in [0, 0.1) is 5.92 Å². The molecule has 0 saturated carbocycles. The highest BCUT2D eigenvalue weighted by Crippen LogP contribution is 2.28. The molecule has 2 aromatic rings. The average molecular weight is 370 g/mol. The Bertz CT molecular complexity index is 785. The summed E-state index contributed by atoms with van der Waals surface area (Å²) < 4.78 is 10.5. The van der Waals surface area contributed by atoms with Crippen LogP contribution in [0.15, 0.2) is 42.5 Å². The number of carbonyl (C=O) groups is 2. The van der Waals surface area contributed by atoms with Crippen LogP contribution in [0.25, 0.3) is 0 Å². The zero-order valence-corrected chi connectivity index (χ0v) is 16.2.